The van der Waals surface area contributed by atoms with Crippen LogP contribution < -0.4 is 0 Å². The van der Waals surface area contributed by atoms with Gasteiger partial charge < -0.3 is 4.90 Å². The summed E-state index contributed by atoms with van der Waals surface area (Å²) in [6.07, 6.45) is 2.04. The minimum atomic E-state index is -0.326. The fourth-order valence-electron chi connectivity index (χ4n) is 4.13. The summed E-state index contributed by atoms with van der Waals surface area (Å²) in [5, 5.41) is 4.47. The van der Waals surface area contributed by atoms with Gasteiger partial charge in [-0.3, -0.25) is 9.69 Å². The first-order chi connectivity index (χ1) is 14.5. The molecule has 30 heavy (non-hydrogen) atoms. The van der Waals surface area contributed by atoms with Crippen LogP contribution in [0.1, 0.15) is 34.6 Å². The van der Waals surface area contributed by atoms with E-state index >= 15 is 0 Å². The molecule has 2 heterocycles. The molecule has 0 radical (unpaired) electrons. The molecule has 1 atom stereocenters. The summed E-state index contributed by atoms with van der Waals surface area (Å²) in [7, 11) is 1.86. The lowest BCUT2D eigenvalue weighted by molar-refractivity contribution is 0.0603. The quantitative estimate of drug-likeness (QED) is 0.642. The summed E-state index contributed by atoms with van der Waals surface area (Å²) in [5.41, 5.74) is 3.09. The molecule has 0 N–H and O–H groups in total. The van der Waals surface area contributed by atoms with Gasteiger partial charge in [-0.25, -0.2) is 9.07 Å². The van der Waals surface area contributed by atoms with Gasteiger partial charge in [-0.15, -0.1) is 0 Å². The first kappa shape index (κ1) is 20.3. The van der Waals surface area contributed by atoms with Gasteiger partial charge in [0, 0.05) is 31.9 Å². The third kappa shape index (κ3) is 4.44. The average molecular weight is 407 g/mol. The average Bonchev–Trinajstić information content (AvgIpc) is 3.15. The van der Waals surface area contributed by atoms with Crippen molar-refractivity contribution in [1.82, 2.24) is 19.6 Å². The predicted molar refractivity (Wildman–Crippen MR) is 115 cm³/mol. The molecule has 6 heteroatoms. The molecule has 4 rings (SSSR count). The molecule has 1 aliphatic rings. The number of nitrogens with zero attached hydrogens (tertiary/aromatic N) is 4. The van der Waals surface area contributed by atoms with Gasteiger partial charge in [0.1, 0.15) is 5.82 Å². The van der Waals surface area contributed by atoms with Crippen LogP contribution in [-0.4, -0.2) is 51.7 Å². The van der Waals surface area contributed by atoms with E-state index < -0.39 is 0 Å². The first-order valence-electron chi connectivity index (χ1n) is 10.4. The molecule has 0 aliphatic carbocycles. The summed E-state index contributed by atoms with van der Waals surface area (Å²) >= 11 is 0. The smallest absolute Gasteiger partial charge is 0.274 e. The molecule has 1 fully saturated rings. The van der Waals surface area contributed by atoms with Crippen LogP contribution in [-0.2, 0) is 6.54 Å². The Bertz CT molecular complexity index is 1020. The lowest BCUT2D eigenvalue weighted by Crippen LogP contribution is -2.48. The van der Waals surface area contributed by atoms with Crippen molar-refractivity contribution in [3.8, 4) is 5.69 Å². The van der Waals surface area contributed by atoms with Crippen LogP contribution in [0.4, 0.5) is 4.39 Å². The van der Waals surface area contributed by atoms with Crippen LogP contribution in [0.15, 0.2) is 60.7 Å². The highest BCUT2D eigenvalue weighted by molar-refractivity contribution is 5.92. The van der Waals surface area contributed by atoms with Gasteiger partial charge in [-0.1, -0.05) is 36.4 Å². The third-order valence-electron chi connectivity index (χ3n) is 5.76. The maximum Gasteiger partial charge on any atom is 0.274 e. The number of hydrogen-bond acceptors (Lipinski definition) is 3. The lowest BCUT2D eigenvalue weighted by Gasteiger charge is -2.37. The Hall–Kier alpha value is -2.99. The topological polar surface area (TPSA) is 41.4 Å². The first-order valence-corrected chi connectivity index (χ1v) is 10.4. The van der Waals surface area contributed by atoms with Crippen LogP contribution in [0.2, 0.25) is 0 Å². The second kappa shape index (κ2) is 8.79. The molecule has 1 aromatic heterocycles. The van der Waals surface area contributed by atoms with E-state index in [2.05, 4.69) is 34.3 Å². The van der Waals surface area contributed by atoms with Crippen molar-refractivity contribution in [3.05, 3.63) is 83.4 Å². The van der Waals surface area contributed by atoms with Crippen LogP contribution in [0.5, 0.6) is 0 Å². The maximum absolute atomic E-state index is 13.6. The van der Waals surface area contributed by atoms with Crippen molar-refractivity contribution in [2.45, 2.75) is 32.4 Å². The van der Waals surface area contributed by atoms with Gasteiger partial charge >= 0.3 is 0 Å². The SMILES string of the molecule is Cc1cc(C(=O)N(C)C2CCCN(Cc3ccccc3)C2)nn1-c1cccc(F)c1. The molecule has 1 aliphatic heterocycles. The normalized spacial score (nSPS) is 17.1. The van der Waals surface area contributed by atoms with E-state index in [1.807, 2.05) is 24.9 Å². The number of aryl methyl sites for hydroxylation is 1. The molecule has 2 aromatic carbocycles. The Morgan fingerprint density at radius 3 is 2.73 bits per heavy atom. The van der Waals surface area contributed by atoms with Crippen molar-refractivity contribution < 1.29 is 9.18 Å². The van der Waals surface area contributed by atoms with Gasteiger partial charge in [-0.2, -0.15) is 5.10 Å². The van der Waals surface area contributed by atoms with Crippen LogP contribution in [0.25, 0.3) is 5.69 Å². The molecule has 5 nitrogen and oxygen atoms in total. The molecule has 3 aromatic rings. The highest BCUT2D eigenvalue weighted by Gasteiger charge is 2.28. The van der Waals surface area contributed by atoms with Crippen LogP contribution in [0, 0.1) is 12.7 Å². The summed E-state index contributed by atoms with van der Waals surface area (Å²) in [5.74, 6) is -0.423. The Balaban J connectivity index is 1.46. The van der Waals surface area contributed by atoms with E-state index in [4.69, 9.17) is 0 Å². The van der Waals surface area contributed by atoms with Crippen molar-refractivity contribution in [1.29, 1.82) is 0 Å². The number of amides is 1. The number of likely N-dealkylation sites (N-methyl/N-ethyl adjacent to an activating group) is 1. The molecule has 1 saturated heterocycles. The Morgan fingerprint density at radius 1 is 1.17 bits per heavy atom. The lowest BCUT2D eigenvalue weighted by atomic mass is 10.0. The van der Waals surface area contributed by atoms with Gasteiger partial charge in [0.2, 0.25) is 0 Å². The van der Waals surface area contributed by atoms with Gasteiger partial charge in [0.15, 0.2) is 5.69 Å². The number of aromatic nitrogens is 2. The molecule has 0 spiro atoms. The second-order valence-electron chi connectivity index (χ2n) is 8.00. The zero-order valence-electron chi connectivity index (χ0n) is 17.5. The minimum Gasteiger partial charge on any atom is -0.336 e. The van der Waals surface area contributed by atoms with Crippen molar-refractivity contribution >= 4 is 5.91 Å². The number of hydrogen-bond donors (Lipinski definition) is 0. The van der Waals surface area contributed by atoms with E-state index in [0.717, 1.165) is 38.2 Å². The highest BCUT2D eigenvalue weighted by atomic mass is 19.1. The van der Waals surface area contributed by atoms with Crippen LogP contribution in [0.3, 0.4) is 0 Å². The van der Waals surface area contributed by atoms with Gasteiger partial charge in [0.25, 0.3) is 5.91 Å². The van der Waals surface area contributed by atoms with Gasteiger partial charge in [0.05, 0.1) is 5.69 Å². The summed E-state index contributed by atoms with van der Waals surface area (Å²) in [6, 6.07) is 18.6. The monoisotopic (exact) mass is 406 g/mol. The largest absolute Gasteiger partial charge is 0.336 e. The number of rotatable bonds is 5. The fourth-order valence-corrected chi connectivity index (χ4v) is 4.13. The van der Waals surface area contributed by atoms with E-state index in [0.29, 0.717) is 11.4 Å². The number of piperidine rings is 1. The number of halogens is 1. The zero-order chi connectivity index (χ0) is 21.1. The molecule has 0 bridgehead atoms. The summed E-state index contributed by atoms with van der Waals surface area (Å²) in [4.78, 5) is 17.4. The molecule has 0 saturated carbocycles. The molecular weight excluding hydrogens is 379 g/mol. The number of carbonyl (C=O) groups is 1. The third-order valence-corrected chi connectivity index (χ3v) is 5.76. The minimum absolute atomic E-state index is 0.0974. The van der Waals surface area contributed by atoms with Crippen molar-refractivity contribution in [3.63, 3.8) is 0 Å². The highest BCUT2D eigenvalue weighted by Crippen LogP contribution is 2.20. The number of benzene rings is 2. The molecule has 156 valence electrons. The van der Waals surface area contributed by atoms with E-state index in [1.165, 1.54) is 17.7 Å². The number of likely N-dealkylation sites (tertiary alicyclic amines) is 1. The van der Waals surface area contributed by atoms with E-state index in [1.54, 1.807) is 22.9 Å². The predicted octanol–water partition coefficient (Wildman–Crippen LogP) is 4.06. The standard InChI is InChI=1S/C24H27FN4O/c1-18-14-23(26-29(18)21-11-6-10-20(25)15-21)24(30)27(2)22-12-7-13-28(17-22)16-19-8-4-3-5-9-19/h3-6,8-11,14-15,22H,7,12-13,16-17H2,1-2H3. The second-order valence-corrected chi connectivity index (χ2v) is 8.00. The fraction of sp³-hybridized carbons (Fsp3) is 0.333. The van der Waals surface area contributed by atoms with E-state index in [-0.39, 0.29) is 17.8 Å². The van der Waals surface area contributed by atoms with E-state index in [9.17, 15) is 9.18 Å². The number of carbonyl (C=O) groups excluding carboxylic acids is 1. The zero-order valence-corrected chi connectivity index (χ0v) is 17.5. The molecular formula is C24H27FN4O. The van der Waals surface area contributed by atoms with Gasteiger partial charge in [-0.05, 0) is 56.1 Å². The maximum atomic E-state index is 13.6. The Labute approximate surface area is 176 Å². The summed E-state index contributed by atoms with van der Waals surface area (Å²) in [6.45, 7) is 4.66. The molecule has 1 amide bonds. The molecule has 1 unspecified atom stereocenters. The van der Waals surface area contributed by atoms with Crippen LogP contribution >= 0.6 is 0 Å². The Morgan fingerprint density at radius 2 is 1.97 bits per heavy atom. The van der Waals surface area contributed by atoms with Crippen molar-refractivity contribution in [2.24, 2.45) is 0 Å². The summed E-state index contributed by atoms with van der Waals surface area (Å²) < 4.78 is 15.2. The van der Waals surface area contributed by atoms with Crippen molar-refractivity contribution in [2.75, 3.05) is 20.1 Å². The Kier molecular flexibility index (Phi) is 5.95.